The van der Waals surface area contributed by atoms with E-state index >= 15 is 0 Å². The second-order valence-corrected chi connectivity index (χ2v) is 4.93. The van der Waals surface area contributed by atoms with Crippen LogP contribution in [-0.4, -0.2) is 15.7 Å². The van der Waals surface area contributed by atoms with Crippen LogP contribution in [0.25, 0.3) is 0 Å². The van der Waals surface area contributed by atoms with E-state index < -0.39 is 0 Å². The molecule has 0 aliphatic carbocycles. The Hall–Kier alpha value is -1.82. The first-order valence-electron chi connectivity index (χ1n) is 5.65. The maximum Gasteiger partial charge on any atom is 0.242 e. The number of aromatic nitrogens is 2. The molecule has 0 saturated carbocycles. The third kappa shape index (κ3) is 2.70. The zero-order valence-electron chi connectivity index (χ0n) is 10.4. The molecule has 0 spiro atoms. The molecule has 2 heterocycles. The molecule has 0 bridgehead atoms. The van der Waals surface area contributed by atoms with Crippen molar-refractivity contribution in [3.63, 3.8) is 0 Å². The number of amides is 1. The second-order valence-electron chi connectivity index (χ2n) is 4.15. The first-order valence-corrected chi connectivity index (χ1v) is 6.59. The van der Waals surface area contributed by atoms with Crippen LogP contribution in [0, 0.1) is 13.8 Å². The Morgan fingerprint density at radius 1 is 1.56 bits per heavy atom. The normalized spacial score (nSPS) is 10.6. The Balaban J connectivity index is 1.93. The van der Waals surface area contributed by atoms with Crippen molar-refractivity contribution in [1.29, 1.82) is 0 Å². The standard InChI is InChI=1S/C12H16N4OS/c1-8-12(13)9(2)16(15-8)6-11(17)14-5-10-3-4-18-7-10/h3-4,7H,5-6,13H2,1-2H3,(H,14,17). The predicted molar refractivity (Wildman–Crippen MR) is 72.3 cm³/mol. The molecule has 2 rings (SSSR count). The molecule has 0 atom stereocenters. The molecule has 1 amide bonds. The molecule has 18 heavy (non-hydrogen) atoms. The molecule has 0 unspecified atom stereocenters. The Bertz CT molecular complexity index is 545. The van der Waals surface area contributed by atoms with Crippen molar-refractivity contribution >= 4 is 22.9 Å². The lowest BCUT2D eigenvalue weighted by molar-refractivity contribution is -0.122. The van der Waals surface area contributed by atoms with Gasteiger partial charge in [0.1, 0.15) is 6.54 Å². The van der Waals surface area contributed by atoms with E-state index in [1.807, 2.05) is 30.7 Å². The van der Waals surface area contributed by atoms with Crippen molar-refractivity contribution < 1.29 is 4.79 Å². The summed E-state index contributed by atoms with van der Waals surface area (Å²) >= 11 is 1.62. The molecule has 96 valence electrons. The SMILES string of the molecule is Cc1nn(CC(=O)NCc2ccsc2)c(C)c1N. The largest absolute Gasteiger partial charge is 0.396 e. The maximum absolute atomic E-state index is 11.8. The lowest BCUT2D eigenvalue weighted by Gasteiger charge is -2.05. The first-order chi connectivity index (χ1) is 8.58. The van der Waals surface area contributed by atoms with E-state index in [2.05, 4.69) is 10.4 Å². The highest BCUT2D eigenvalue weighted by Crippen LogP contribution is 2.14. The molecule has 0 saturated heterocycles. The number of aryl methyl sites for hydroxylation is 1. The number of thiophene rings is 1. The van der Waals surface area contributed by atoms with Gasteiger partial charge in [-0.3, -0.25) is 9.48 Å². The van der Waals surface area contributed by atoms with E-state index in [1.54, 1.807) is 16.0 Å². The van der Waals surface area contributed by atoms with Gasteiger partial charge in [-0.15, -0.1) is 0 Å². The molecule has 2 aromatic rings. The third-order valence-electron chi connectivity index (χ3n) is 2.80. The number of carbonyl (C=O) groups excluding carboxylic acids is 1. The van der Waals surface area contributed by atoms with Crippen LogP contribution in [0.1, 0.15) is 17.0 Å². The highest BCUT2D eigenvalue weighted by atomic mass is 32.1. The van der Waals surface area contributed by atoms with Crippen molar-refractivity contribution in [2.45, 2.75) is 26.9 Å². The van der Waals surface area contributed by atoms with E-state index in [9.17, 15) is 4.79 Å². The topological polar surface area (TPSA) is 72.9 Å². The smallest absolute Gasteiger partial charge is 0.242 e. The molecule has 0 aliphatic heterocycles. The third-order valence-corrected chi connectivity index (χ3v) is 3.53. The van der Waals surface area contributed by atoms with Crippen LogP contribution in [0.3, 0.4) is 0 Å². The Morgan fingerprint density at radius 3 is 2.89 bits per heavy atom. The van der Waals surface area contributed by atoms with Crippen LogP contribution < -0.4 is 11.1 Å². The summed E-state index contributed by atoms with van der Waals surface area (Å²) in [6.45, 7) is 4.45. The molecule has 2 aromatic heterocycles. The van der Waals surface area contributed by atoms with E-state index in [1.165, 1.54) is 0 Å². The van der Waals surface area contributed by atoms with Gasteiger partial charge in [0.25, 0.3) is 0 Å². The summed E-state index contributed by atoms with van der Waals surface area (Å²) in [6.07, 6.45) is 0. The molecule has 0 aromatic carbocycles. The molecule has 0 aliphatic rings. The summed E-state index contributed by atoms with van der Waals surface area (Å²) in [5.74, 6) is -0.0631. The highest BCUT2D eigenvalue weighted by Gasteiger charge is 2.11. The van der Waals surface area contributed by atoms with Crippen molar-refractivity contribution in [3.8, 4) is 0 Å². The highest BCUT2D eigenvalue weighted by molar-refractivity contribution is 7.07. The van der Waals surface area contributed by atoms with Gasteiger partial charge in [-0.2, -0.15) is 16.4 Å². The molecule has 0 radical (unpaired) electrons. The zero-order valence-corrected chi connectivity index (χ0v) is 11.3. The minimum absolute atomic E-state index is 0.0631. The van der Waals surface area contributed by atoms with Crippen LogP contribution in [0.2, 0.25) is 0 Å². The Morgan fingerprint density at radius 2 is 2.33 bits per heavy atom. The lowest BCUT2D eigenvalue weighted by atomic mass is 10.3. The number of nitrogen functional groups attached to an aromatic ring is 1. The number of hydrogen-bond donors (Lipinski definition) is 2. The maximum atomic E-state index is 11.8. The average molecular weight is 264 g/mol. The van der Waals surface area contributed by atoms with Gasteiger partial charge in [0.05, 0.1) is 17.1 Å². The average Bonchev–Trinajstić information content (AvgIpc) is 2.93. The molecule has 5 nitrogen and oxygen atoms in total. The van der Waals surface area contributed by atoms with Crippen LogP contribution in [0.4, 0.5) is 5.69 Å². The molecule has 3 N–H and O–H groups in total. The van der Waals surface area contributed by atoms with E-state index in [-0.39, 0.29) is 12.5 Å². The van der Waals surface area contributed by atoms with Gasteiger partial charge in [-0.1, -0.05) is 0 Å². The van der Waals surface area contributed by atoms with Gasteiger partial charge < -0.3 is 11.1 Å². The molecule has 0 fully saturated rings. The van der Waals surface area contributed by atoms with Crippen LogP contribution in [0.5, 0.6) is 0 Å². The van der Waals surface area contributed by atoms with Crippen LogP contribution in [-0.2, 0) is 17.9 Å². The van der Waals surface area contributed by atoms with Crippen molar-refractivity contribution in [2.24, 2.45) is 0 Å². The summed E-state index contributed by atoms with van der Waals surface area (Å²) in [4.78, 5) is 11.8. The van der Waals surface area contributed by atoms with E-state index in [0.717, 1.165) is 17.0 Å². The predicted octanol–water partition coefficient (Wildman–Crippen LogP) is 1.46. The molecular formula is C12H16N4OS. The van der Waals surface area contributed by atoms with E-state index in [0.29, 0.717) is 12.2 Å². The summed E-state index contributed by atoms with van der Waals surface area (Å²) in [5, 5.41) is 11.1. The van der Waals surface area contributed by atoms with E-state index in [4.69, 9.17) is 5.73 Å². The van der Waals surface area contributed by atoms with Crippen LogP contribution in [0.15, 0.2) is 16.8 Å². The van der Waals surface area contributed by atoms with Crippen molar-refractivity contribution in [2.75, 3.05) is 5.73 Å². The van der Waals surface area contributed by atoms with Crippen molar-refractivity contribution in [1.82, 2.24) is 15.1 Å². The minimum Gasteiger partial charge on any atom is -0.396 e. The number of rotatable bonds is 4. The number of nitrogens with two attached hydrogens (primary N) is 1. The summed E-state index contributed by atoms with van der Waals surface area (Å²) in [7, 11) is 0. The fourth-order valence-corrected chi connectivity index (χ4v) is 2.32. The Labute approximate surface area is 110 Å². The molecule has 6 heteroatoms. The number of hydrogen-bond acceptors (Lipinski definition) is 4. The van der Waals surface area contributed by atoms with Crippen LogP contribution >= 0.6 is 11.3 Å². The summed E-state index contributed by atoms with van der Waals surface area (Å²) < 4.78 is 1.63. The number of carbonyl (C=O) groups is 1. The Kier molecular flexibility index (Phi) is 3.66. The number of nitrogens with zero attached hydrogens (tertiary/aromatic N) is 2. The fraction of sp³-hybridized carbons (Fsp3) is 0.333. The van der Waals surface area contributed by atoms with Gasteiger partial charge in [0.15, 0.2) is 0 Å². The summed E-state index contributed by atoms with van der Waals surface area (Å²) in [6, 6.07) is 1.99. The van der Waals surface area contributed by atoms with Crippen molar-refractivity contribution in [3.05, 3.63) is 33.8 Å². The van der Waals surface area contributed by atoms with Gasteiger partial charge in [0.2, 0.25) is 5.91 Å². The minimum atomic E-state index is -0.0631. The molecular weight excluding hydrogens is 248 g/mol. The van der Waals surface area contributed by atoms with Gasteiger partial charge in [-0.05, 0) is 36.2 Å². The first kappa shape index (κ1) is 12.6. The quantitative estimate of drug-likeness (QED) is 0.878. The second kappa shape index (κ2) is 5.22. The monoisotopic (exact) mass is 264 g/mol. The fourth-order valence-electron chi connectivity index (χ4n) is 1.65. The van der Waals surface area contributed by atoms with Gasteiger partial charge in [-0.25, -0.2) is 0 Å². The van der Waals surface area contributed by atoms with Gasteiger partial charge >= 0.3 is 0 Å². The van der Waals surface area contributed by atoms with Gasteiger partial charge in [0, 0.05) is 6.54 Å². The zero-order chi connectivity index (χ0) is 13.1. The summed E-state index contributed by atoms with van der Waals surface area (Å²) in [5.41, 5.74) is 9.18. The number of nitrogens with one attached hydrogen (secondary N) is 1. The lowest BCUT2D eigenvalue weighted by Crippen LogP contribution is -2.27. The number of anilines is 1.